The second-order valence-electron chi connectivity index (χ2n) is 14.3. The normalized spacial score (nSPS) is 11.4. The summed E-state index contributed by atoms with van der Waals surface area (Å²) in [5, 5.41) is 15.3. The first kappa shape index (κ1) is 43.1. The molecule has 0 aliphatic rings. The van der Waals surface area contributed by atoms with Crippen molar-refractivity contribution in [1.82, 2.24) is 30.8 Å². The molecular formula is C48H38N6O7S3. The summed E-state index contributed by atoms with van der Waals surface area (Å²) in [5.74, 6) is 0.240. The van der Waals surface area contributed by atoms with Crippen LogP contribution in [-0.2, 0) is 32.8 Å². The van der Waals surface area contributed by atoms with Crippen LogP contribution >= 0.6 is 11.3 Å². The first-order chi connectivity index (χ1) is 31.0. The van der Waals surface area contributed by atoms with E-state index in [-0.39, 0.29) is 37.9 Å². The number of hydrogen-bond acceptors (Lipinski definition) is 11. The molecule has 64 heavy (non-hydrogen) atoms. The predicted molar refractivity (Wildman–Crippen MR) is 245 cm³/mol. The molecule has 9 rings (SSSR count). The van der Waals surface area contributed by atoms with Gasteiger partial charge >= 0.3 is 0 Å². The fraction of sp³-hybridized carbons (Fsp3) is 0.0625. The molecule has 4 heterocycles. The summed E-state index contributed by atoms with van der Waals surface area (Å²) in [6, 6.07) is 40.8. The van der Waals surface area contributed by atoms with Gasteiger partial charge in [-0.2, -0.15) is 5.10 Å². The molecule has 320 valence electrons. The number of carbonyl (C=O) groups excluding carboxylic acids is 2. The number of nitrogens with zero attached hydrogens (tertiary/aromatic N) is 3. The van der Waals surface area contributed by atoms with E-state index in [9.17, 15) is 26.4 Å². The van der Waals surface area contributed by atoms with E-state index in [1.54, 1.807) is 141 Å². The lowest BCUT2D eigenvalue weighted by atomic mass is 10.1. The summed E-state index contributed by atoms with van der Waals surface area (Å²) in [7, 11) is -5.64. The van der Waals surface area contributed by atoms with Gasteiger partial charge in [-0.05, 0) is 118 Å². The Hall–Kier alpha value is -7.53. The van der Waals surface area contributed by atoms with Crippen molar-refractivity contribution in [3.8, 4) is 17.0 Å². The maximum Gasteiger partial charge on any atom is 0.269 e. The van der Waals surface area contributed by atoms with Gasteiger partial charge in [0.15, 0.2) is 0 Å². The lowest BCUT2D eigenvalue weighted by molar-refractivity contribution is 0.0941. The van der Waals surface area contributed by atoms with Gasteiger partial charge in [0.2, 0.25) is 19.7 Å². The third kappa shape index (κ3) is 9.74. The summed E-state index contributed by atoms with van der Waals surface area (Å²) in [6.45, 7) is 0.553. The molecule has 0 atom stereocenters. The third-order valence-corrected chi connectivity index (χ3v) is 14.7. The van der Waals surface area contributed by atoms with Gasteiger partial charge < -0.3 is 15.4 Å². The Balaban J connectivity index is 0.000000176. The number of carbonyl (C=O) groups is 2. The van der Waals surface area contributed by atoms with Gasteiger partial charge in [0.1, 0.15) is 11.4 Å². The minimum Gasteiger partial charge on any atom is -0.497 e. The van der Waals surface area contributed by atoms with Crippen LogP contribution in [0.25, 0.3) is 32.1 Å². The highest BCUT2D eigenvalue weighted by Gasteiger charge is 2.20. The van der Waals surface area contributed by atoms with E-state index in [1.165, 1.54) is 11.3 Å². The first-order valence-electron chi connectivity index (χ1n) is 19.6. The number of methoxy groups -OCH3 is 1. The van der Waals surface area contributed by atoms with E-state index in [0.29, 0.717) is 22.8 Å². The van der Waals surface area contributed by atoms with Crippen LogP contribution < -0.4 is 15.4 Å². The molecule has 16 heteroatoms. The number of aromatic amines is 1. The maximum absolute atomic E-state index is 13.2. The number of rotatable bonds is 12. The Morgan fingerprint density at radius 2 is 1.17 bits per heavy atom. The zero-order valence-corrected chi connectivity index (χ0v) is 36.5. The predicted octanol–water partition coefficient (Wildman–Crippen LogP) is 8.46. The molecule has 0 aliphatic carbocycles. The Bertz CT molecular complexity index is 3290. The number of H-pyrrole nitrogens is 1. The van der Waals surface area contributed by atoms with Crippen LogP contribution in [-0.4, -0.2) is 55.9 Å². The van der Waals surface area contributed by atoms with Gasteiger partial charge in [-0.1, -0.05) is 54.6 Å². The van der Waals surface area contributed by atoms with E-state index >= 15 is 0 Å². The van der Waals surface area contributed by atoms with E-state index in [2.05, 4.69) is 30.8 Å². The molecule has 0 unspecified atom stereocenters. The summed E-state index contributed by atoms with van der Waals surface area (Å²) in [4.78, 5) is 34.4. The number of aromatic nitrogens is 4. The molecule has 0 saturated carbocycles. The SMILES string of the molecule is COc1ccc2cc(S(=O)(=O)c3ccc(CNC(=O)c4cc5ccncc5s4)cc3)ccc2c1.O=C(NCc1ccc(S(=O)(=O)c2ccccc2)cc1)c1cc(-c2ccncc2)n[nH]1. The molecule has 0 radical (unpaired) electrons. The van der Waals surface area contributed by atoms with Crippen LogP contribution in [0.15, 0.2) is 190 Å². The van der Waals surface area contributed by atoms with Crippen molar-refractivity contribution in [3.63, 3.8) is 0 Å². The van der Waals surface area contributed by atoms with Crippen LogP contribution in [0.5, 0.6) is 5.75 Å². The van der Waals surface area contributed by atoms with Gasteiger partial charge in [0.25, 0.3) is 11.8 Å². The number of nitrogens with one attached hydrogen (secondary N) is 3. The van der Waals surface area contributed by atoms with Gasteiger partial charge in [-0.25, -0.2) is 16.8 Å². The van der Waals surface area contributed by atoms with Gasteiger partial charge in [-0.3, -0.25) is 24.7 Å². The van der Waals surface area contributed by atoms with E-state index in [1.807, 2.05) is 36.4 Å². The number of benzene rings is 5. The topological polar surface area (TPSA) is 190 Å². The summed E-state index contributed by atoms with van der Waals surface area (Å²) < 4.78 is 57.7. The number of amides is 2. The Kier molecular flexibility index (Phi) is 12.7. The van der Waals surface area contributed by atoms with Crippen molar-refractivity contribution in [2.24, 2.45) is 0 Å². The van der Waals surface area contributed by atoms with Crippen molar-refractivity contribution in [3.05, 3.63) is 192 Å². The molecule has 9 aromatic rings. The lowest BCUT2D eigenvalue weighted by Crippen LogP contribution is -2.23. The van der Waals surface area contributed by atoms with Gasteiger partial charge in [0, 0.05) is 43.4 Å². The molecule has 3 N–H and O–H groups in total. The number of ether oxygens (including phenoxy) is 1. The second-order valence-corrected chi connectivity index (χ2v) is 19.3. The Morgan fingerprint density at radius 3 is 1.83 bits per heavy atom. The summed E-state index contributed by atoms with van der Waals surface area (Å²) in [6.07, 6.45) is 6.75. The third-order valence-electron chi connectivity index (χ3n) is 10.1. The average Bonchev–Trinajstić information content (AvgIpc) is 4.02. The molecule has 4 aromatic heterocycles. The minimum absolute atomic E-state index is 0.175. The number of pyridine rings is 2. The van der Waals surface area contributed by atoms with Crippen molar-refractivity contribution >= 4 is 63.7 Å². The number of fused-ring (bicyclic) bond motifs is 2. The average molecular weight is 907 g/mol. The zero-order chi connectivity index (χ0) is 44.7. The fourth-order valence-electron chi connectivity index (χ4n) is 6.59. The van der Waals surface area contributed by atoms with Crippen molar-refractivity contribution in [1.29, 1.82) is 0 Å². The lowest BCUT2D eigenvalue weighted by Gasteiger charge is -2.09. The van der Waals surface area contributed by atoms with Crippen molar-refractivity contribution in [2.75, 3.05) is 7.11 Å². The standard InChI is InChI=1S/C26H20N2O4S2.C22H18N4O3S/c1-32-21-6-4-19-13-23(9-5-18(19)12-21)34(30,31)22-7-2-17(3-8-22)15-28-26(29)24-14-20-10-11-27-16-25(20)33-24;27-22(21-14-20(25-26-21)17-10-12-23-13-11-17)24-15-16-6-8-19(9-7-16)30(28,29)18-4-2-1-3-5-18/h2-14,16H,15H2,1H3,(H,28,29);1-14H,15H2,(H,24,27)(H,25,26). The highest BCUT2D eigenvalue weighted by atomic mass is 32.2. The molecule has 0 fully saturated rings. The van der Waals surface area contributed by atoms with Crippen LogP contribution in [0.2, 0.25) is 0 Å². The largest absolute Gasteiger partial charge is 0.497 e. The number of hydrogen-bond donors (Lipinski definition) is 3. The van der Waals surface area contributed by atoms with E-state index in [0.717, 1.165) is 43.3 Å². The molecule has 0 aliphatic heterocycles. The van der Waals surface area contributed by atoms with Gasteiger partial charge in [-0.15, -0.1) is 11.3 Å². The molecule has 2 amide bonds. The molecule has 5 aromatic carbocycles. The highest BCUT2D eigenvalue weighted by molar-refractivity contribution is 7.91. The number of sulfone groups is 2. The highest BCUT2D eigenvalue weighted by Crippen LogP contribution is 2.28. The van der Waals surface area contributed by atoms with Gasteiger partial charge in [0.05, 0.1) is 42.0 Å². The van der Waals surface area contributed by atoms with Crippen LogP contribution in [0.3, 0.4) is 0 Å². The van der Waals surface area contributed by atoms with Crippen LogP contribution in [0.1, 0.15) is 31.3 Å². The first-order valence-corrected chi connectivity index (χ1v) is 23.4. The molecule has 0 spiro atoms. The molecule has 13 nitrogen and oxygen atoms in total. The zero-order valence-electron chi connectivity index (χ0n) is 34.0. The van der Waals surface area contributed by atoms with Crippen LogP contribution in [0.4, 0.5) is 0 Å². The quantitative estimate of drug-likeness (QED) is 0.107. The van der Waals surface area contributed by atoms with Crippen molar-refractivity contribution < 1.29 is 31.2 Å². The number of thiophene rings is 1. The summed E-state index contributed by atoms with van der Waals surface area (Å²) >= 11 is 1.39. The molecular weight excluding hydrogens is 869 g/mol. The monoisotopic (exact) mass is 906 g/mol. The van der Waals surface area contributed by atoms with Crippen molar-refractivity contribution in [2.45, 2.75) is 32.7 Å². The Labute approximate surface area is 372 Å². The molecule has 0 saturated heterocycles. The van der Waals surface area contributed by atoms with E-state index < -0.39 is 19.7 Å². The van der Waals surface area contributed by atoms with E-state index in [4.69, 9.17) is 4.74 Å². The smallest absolute Gasteiger partial charge is 0.269 e. The molecule has 0 bridgehead atoms. The minimum atomic E-state index is -3.67. The van der Waals surface area contributed by atoms with Crippen LogP contribution in [0, 0.1) is 0 Å². The Morgan fingerprint density at radius 1 is 0.594 bits per heavy atom. The summed E-state index contributed by atoms with van der Waals surface area (Å²) in [5.41, 5.74) is 3.43. The fourth-order valence-corrected chi connectivity index (χ4v) is 10.1. The maximum atomic E-state index is 13.2. The second kappa shape index (κ2) is 18.8.